The van der Waals surface area contributed by atoms with Crippen LogP contribution in [0.3, 0.4) is 0 Å². The van der Waals surface area contributed by atoms with Crippen molar-refractivity contribution >= 4 is 5.91 Å². The standard InChI is InChI=1S/C14H11N3O2/c1-19-13-9(7-15)3-2-4-10(13)12-8-17-6-5-11(12)14(16)18/h2-6,8H,1H3,(H2,16,18). The number of methoxy groups -OCH3 is 1. The molecule has 1 aromatic carbocycles. The van der Waals surface area contributed by atoms with Crippen LogP contribution in [0.5, 0.6) is 5.75 Å². The first-order chi connectivity index (χ1) is 9.19. The number of ether oxygens (including phenoxy) is 1. The zero-order valence-corrected chi connectivity index (χ0v) is 10.3. The average Bonchev–Trinajstić information content (AvgIpc) is 2.46. The van der Waals surface area contributed by atoms with Gasteiger partial charge in [-0.15, -0.1) is 0 Å². The molecular weight excluding hydrogens is 242 g/mol. The van der Waals surface area contributed by atoms with Gasteiger partial charge in [-0.3, -0.25) is 9.78 Å². The molecule has 1 amide bonds. The molecule has 0 bridgehead atoms. The van der Waals surface area contributed by atoms with Gasteiger partial charge in [0.05, 0.1) is 18.2 Å². The first kappa shape index (κ1) is 12.6. The van der Waals surface area contributed by atoms with E-state index < -0.39 is 5.91 Å². The van der Waals surface area contributed by atoms with Crippen LogP contribution in [0.2, 0.25) is 0 Å². The summed E-state index contributed by atoms with van der Waals surface area (Å²) in [5.41, 5.74) is 7.23. The lowest BCUT2D eigenvalue weighted by Gasteiger charge is -2.11. The maximum absolute atomic E-state index is 11.4. The molecule has 0 spiro atoms. The Kier molecular flexibility index (Phi) is 3.44. The molecule has 1 aromatic heterocycles. The predicted octanol–water partition coefficient (Wildman–Crippen LogP) is 1.73. The van der Waals surface area contributed by atoms with Gasteiger partial charge in [-0.2, -0.15) is 5.26 Å². The highest BCUT2D eigenvalue weighted by Crippen LogP contribution is 2.34. The summed E-state index contributed by atoms with van der Waals surface area (Å²) in [6.07, 6.45) is 3.02. The van der Waals surface area contributed by atoms with E-state index >= 15 is 0 Å². The number of hydrogen-bond acceptors (Lipinski definition) is 4. The Balaban J connectivity index is 2.73. The van der Waals surface area contributed by atoms with Gasteiger partial charge in [-0.25, -0.2) is 0 Å². The predicted molar refractivity (Wildman–Crippen MR) is 69.5 cm³/mol. The molecule has 94 valence electrons. The number of primary amides is 1. The van der Waals surface area contributed by atoms with Gasteiger partial charge in [0.15, 0.2) is 0 Å². The molecule has 2 rings (SSSR count). The molecule has 0 aliphatic rings. The molecular formula is C14H11N3O2. The van der Waals surface area contributed by atoms with Crippen LogP contribution in [0.15, 0.2) is 36.7 Å². The SMILES string of the molecule is COc1c(C#N)cccc1-c1cnccc1C(N)=O. The second-order valence-corrected chi connectivity index (χ2v) is 3.78. The minimum Gasteiger partial charge on any atom is -0.495 e. The van der Waals surface area contributed by atoms with E-state index in [1.807, 2.05) is 6.07 Å². The zero-order chi connectivity index (χ0) is 13.8. The molecule has 0 atom stereocenters. The van der Waals surface area contributed by atoms with Crippen molar-refractivity contribution in [3.8, 4) is 22.9 Å². The summed E-state index contributed by atoms with van der Waals surface area (Å²) in [4.78, 5) is 15.4. The first-order valence-electron chi connectivity index (χ1n) is 5.50. The molecule has 0 unspecified atom stereocenters. The van der Waals surface area contributed by atoms with E-state index in [9.17, 15) is 4.79 Å². The lowest BCUT2D eigenvalue weighted by molar-refractivity contribution is 0.100. The normalized spacial score (nSPS) is 9.68. The lowest BCUT2D eigenvalue weighted by atomic mass is 9.98. The number of rotatable bonds is 3. The van der Waals surface area contributed by atoms with Crippen LogP contribution >= 0.6 is 0 Å². The highest BCUT2D eigenvalue weighted by Gasteiger charge is 2.16. The molecule has 5 heteroatoms. The van der Waals surface area contributed by atoms with Crippen LogP contribution in [-0.4, -0.2) is 18.0 Å². The van der Waals surface area contributed by atoms with Crippen molar-refractivity contribution in [3.63, 3.8) is 0 Å². The van der Waals surface area contributed by atoms with E-state index in [2.05, 4.69) is 4.98 Å². The van der Waals surface area contributed by atoms with Crippen LogP contribution in [0.1, 0.15) is 15.9 Å². The van der Waals surface area contributed by atoms with Gasteiger partial charge >= 0.3 is 0 Å². The summed E-state index contributed by atoms with van der Waals surface area (Å²) in [6, 6.07) is 8.69. The van der Waals surface area contributed by atoms with Gasteiger partial charge in [-0.05, 0) is 12.1 Å². The monoisotopic (exact) mass is 253 g/mol. The summed E-state index contributed by atoms with van der Waals surface area (Å²) < 4.78 is 5.25. The molecule has 5 nitrogen and oxygen atoms in total. The quantitative estimate of drug-likeness (QED) is 0.902. The molecule has 0 fully saturated rings. The van der Waals surface area contributed by atoms with Gasteiger partial charge in [0, 0.05) is 23.5 Å². The Morgan fingerprint density at radius 1 is 1.37 bits per heavy atom. The van der Waals surface area contributed by atoms with Crippen molar-refractivity contribution in [2.24, 2.45) is 5.73 Å². The minimum atomic E-state index is -0.554. The number of benzene rings is 1. The minimum absolute atomic E-state index is 0.336. The third-order valence-electron chi connectivity index (χ3n) is 2.72. The summed E-state index contributed by atoms with van der Waals surface area (Å²) >= 11 is 0. The number of nitriles is 1. The van der Waals surface area contributed by atoms with Crippen molar-refractivity contribution in [3.05, 3.63) is 47.8 Å². The number of nitrogens with zero attached hydrogens (tertiary/aromatic N) is 2. The third-order valence-corrected chi connectivity index (χ3v) is 2.72. The van der Waals surface area contributed by atoms with Crippen molar-refractivity contribution in [2.45, 2.75) is 0 Å². The molecule has 0 saturated heterocycles. The van der Waals surface area contributed by atoms with Gasteiger partial charge in [-0.1, -0.05) is 12.1 Å². The van der Waals surface area contributed by atoms with Gasteiger partial charge in [0.25, 0.3) is 0 Å². The molecule has 0 radical (unpaired) electrons. The molecule has 0 aliphatic carbocycles. The van der Waals surface area contributed by atoms with Crippen LogP contribution in [0.25, 0.3) is 11.1 Å². The van der Waals surface area contributed by atoms with Crippen molar-refractivity contribution < 1.29 is 9.53 Å². The number of amides is 1. The Bertz CT molecular complexity index is 675. The first-order valence-corrected chi connectivity index (χ1v) is 5.50. The maximum Gasteiger partial charge on any atom is 0.249 e. The van der Waals surface area contributed by atoms with Crippen molar-refractivity contribution in [2.75, 3.05) is 7.11 Å². The molecule has 0 aliphatic heterocycles. The van der Waals surface area contributed by atoms with E-state index in [-0.39, 0.29) is 0 Å². The van der Waals surface area contributed by atoms with Crippen molar-refractivity contribution in [1.82, 2.24) is 4.98 Å². The lowest BCUT2D eigenvalue weighted by Crippen LogP contribution is -2.12. The van der Waals surface area contributed by atoms with Crippen molar-refractivity contribution in [1.29, 1.82) is 5.26 Å². The highest BCUT2D eigenvalue weighted by molar-refractivity contribution is 6.00. The number of carbonyl (C=O) groups is 1. The Hall–Kier alpha value is -2.87. The topological polar surface area (TPSA) is 89.0 Å². The molecule has 2 aromatic rings. The van der Waals surface area contributed by atoms with Crippen LogP contribution < -0.4 is 10.5 Å². The zero-order valence-electron chi connectivity index (χ0n) is 10.3. The number of nitrogens with two attached hydrogens (primary N) is 1. The van der Waals surface area contributed by atoms with E-state index in [1.54, 1.807) is 18.2 Å². The third kappa shape index (κ3) is 2.24. The maximum atomic E-state index is 11.4. The summed E-state index contributed by atoms with van der Waals surface area (Å²) in [6.45, 7) is 0. The Morgan fingerprint density at radius 2 is 2.16 bits per heavy atom. The number of para-hydroxylation sites is 1. The van der Waals surface area contributed by atoms with Crippen LogP contribution in [-0.2, 0) is 0 Å². The highest BCUT2D eigenvalue weighted by atomic mass is 16.5. The number of carbonyl (C=O) groups excluding carboxylic acids is 1. The summed E-state index contributed by atoms with van der Waals surface area (Å²) in [5, 5.41) is 9.06. The molecule has 1 heterocycles. The molecule has 0 saturated carbocycles. The van der Waals surface area contributed by atoms with E-state index in [0.29, 0.717) is 28.0 Å². The number of aromatic nitrogens is 1. The smallest absolute Gasteiger partial charge is 0.249 e. The number of pyridine rings is 1. The molecule has 2 N–H and O–H groups in total. The second-order valence-electron chi connectivity index (χ2n) is 3.78. The van der Waals surface area contributed by atoms with Gasteiger partial charge in [0.1, 0.15) is 11.8 Å². The van der Waals surface area contributed by atoms with Gasteiger partial charge < -0.3 is 10.5 Å². The van der Waals surface area contributed by atoms with E-state index in [1.165, 1.54) is 25.6 Å². The fourth-order valence-electron chi connectivity index (χ4n) is 1.88. The largest absolute Gasteiger partial charge is 0.495 e. The van der Waals surface area contributed by atoms with Crippen LogP contribution in [0.4, 0.5) is 0 Å². The van der Waals surface area contributed by atoms with Gasteiger partial charge in [0.2, 0.25) is 5.91 Å². The average molecular weight is 253 g/mol. The Morgan fingerprint density at radius 3 is 2.79 bits per heavy atom. The number of hydrogen-bond donors (Lipinski definition) is 1. The van der Waals surface area contributed by atoms with Crippen LogP contribution in [0, 0.1) is 11.3 Å². The summed E-state index contributed by atoms with van der Waals surface area (Å²) in [7, 11) is 1.47. The fraction of sp³-hybridized carbons (Fsp3) is 0.0714. The fourth-order valence-corrected chi connectivity index (χ4v) is 1.88. The van der Waals surface area contributed by atoms with E-state index in [0.717, 1.165) is 0 Å². The summed E-state index contributed by atoms with van der Waals surface area (Å²) in [5.74, 6) is -0.151. The molecule has 19 heavy (non-hydrogen) atoms. The van der Waals surface area contributed by atoms with E-state index in [4.69, 9.17) is 15.7 Å². The Labute approximate surface area is 110 Å². The second kappa shape index (κ2) is 5.19.